The van der Waals surface area contributed by atoms with Crippen LogP contribution in [0, 0.1) is 27.7 Å². The number of aryl methyl sites for hydroxylation is 4. The van der Waals surface area contributed by atoms with Crippen molar-refractivity contribution in [2.75, 3.05) is 0 Å². The van der Waals surface area contributed by atoms with Crippen LogP contribution >= 0.6 is 0 Å². The SMILES string of the molecule is Cc1cc(C)c(-c2ccc3nc(C)cn3n2)c(C)c1. The van der Waals surface area contributed by atoms with Gasteiger partial charge >= 0.3 is 0 Å². The van der Waals surface area contributed by atoms with Gasteiger partial charge in [-0.3, -0.25) is 0 Å². The standard InChI is InChI=1S/C16H17N3/c1-10-7-11(2)16(12(3)8-10)14-5-6-15-17-13(4)9-19(15)18-14/h5-9H,1-4H3. The van der Waals surface area contributed by atoms with Crippen LogP contribution in [0.15, 0.2) is 30.5 Å². The first kappa shape index (κ1) is 11.9. The third kappa shape index (κ3) is 2.01. The minimum Gasteiger partial charge on any atom is -0.232 e. The second kappa shape index (κ2) is 4.19. The molecule has 0 atom stereocenters. The fraction of sp³-hybridized carbons (Fsp3) is 0.250. The molecule has 0 aliphatic heterocycles. The maximum atomic E-state index is 4.67. The van der Waals surface area contributed by atoms with Crippen LogP contribution in [0.2, 0.25) is 0 Å². The topological polar surface area (TPSA) is 30.2 Å². The molecule has 0 saturated heterocycles. The molecule has 0 aliphatic carbocycles. The van der Waals surface area contributed by atoms with Crippen LogP contribution in [0.1, 0.15) is 22.4 Å². The number of aromatic nitrogens is 3. The van der Waals surface area contributed by atoms with Gasteiger partial charge in [0.2, 0.25) is 0 Å². The Balaban J connectivity index is 2.24. The van der Waals surface area contributed by atoms with E-state index in [0.717, 1.165) is 17.0 Å². The van der Waals surface area contributed by atoms with Crippen molar-refractivity contribution >= 4 is 5.65 Å². The third-order valence-corrected chi connectivity index (χ3v) is 3.37. The Labute approximate surface area is 112 Å². The third-order valence-electron chi connectivity index (χ3n) is 3.37. The lowest BCUT2D eigenvalue weighted by Gasteiger charge is -2.10. The Bertz CT molecular complexity index is 746. The van der Waals surface area contributed by atoms with E-state index in [9.17, 15) is 0 Å². The van der Waals surface area contributed by atoms with Crippen molar-refractivity contribution < 1.29 is 0 Å². The zero-order chi connectivity index (χ0) is 13.6. The lowest BCUT2D eigenvalue weighted by Crippen LogP contribution is -1.97. The highest BCUT2D eigenvalue weighted by Gasteiger charge is 2.09. The van der Waals surface area contributed by atoms with Crippen molar-refractivity contribution in [1.82, 2.24) is 14.6 Å². The molecule has 0 unspecified atom stereocenters. The van der Waals surface area contributed by atoms with Gasteiger partial charge in [0.25, 0.3) is 0 Å². The van der Waals surface area contributed by atoms with E-state index in [1.165, 1.54) is 22.3 Å². The van der Waals surface area contributed by atoms with Crippen LogP contribution in [-0.4, -0.2) is 14.6 Å². The quantitative estimate of drug-likeness (QED) is 0.661. The van der Waals surface area contributed by atoms with Crippen molar-refractivity contribution in [3.63, 3.8) is 0 Å². The van der Waals surface area contributed by atoms with Gasteiger partial charge in [0.05, 0.1) is 17.6 Å². The molecular weight excluding hydrogens is 234 g/mol. The molecule has 2 heterocycles. The van der Waals surface area contributed by atoms with E-state index in [0.29, 0.717) is 0 Å². The lowest BCUT2D eigenvalue weighted by molar-refractivity contribution is 0.938. The van der Waals surface area contributed by atoms with Crippen molar-refractivity contribution in [1.29, 1.82) is 0 Å². The first-order chi connectivity index (χ1) is 9.04. The van der Waals surface area contributed by atoms with E-state index in [-0.39, 0.29) is 0 Å². The van der Waals surface area contributed by atoms with E-state index in [4.69, 9.17) is 0 Å². The first-order valence-corrected chi connectivity index (χ1v) is 6.46. The summed E-state index contributed by atoms with van der Waals surface area (Å²) in [7, 11) is 0. The Kier molecular flexibility index (Phi) is 2.63. The molecule has 1 aromatic carbocycles. The Morgan fingerprint density at radius 3 is 2.32 bits per heavy atom. The van der Waals surface area contributed by atoms with Gasteiger partial charge in [-0.1, -0.05) is 17.7 Å². The summed E-state index contributed by atoms with van der Waals surface area (Å²) in [6.07, 6.45) is 1.96. The van der Waals surface area contributed by atoms with Crippen LogP contribution in [0.25, 0.3) is 16.9 Å². The molecule has 0 bridgehead atoms. The number of imidazole rings is 1. The molecule has 0 aliphatic rings. The number of benzene rings is 1. The van der Waals surface area contributed by atoms with Crippen molar-refractivity contribution in [3.05, 3.63) is 52.8 Å². The first-order valence-electron chi connectivity index (χ1n) is 6.46. The highest BCUT2D eigenvalue weighted by Crippen LogP contribution is 2.26. The predicted molar refractivity (Wildman–Crippen MR) is 77.4 cm³/mol. The van der Waals surface area contributed by atoms with Crippen molar-refractivity contribution in [2.45, 2.75) is 27.7 Å². The van der Waals surface area contributed by atoms with Gasteiger partial charge < -0.3 is 0 Å². The second-order valence-corrected chi connectivity index (χ2v) is 5.18. The summed E-state index contributed by atoms with van der Waals surface area (Å²) < 4.78 is 1.85. The van der Waals surface area contributed by atoms with E-state index >= 15 is 0 Å². The zero-order valence-electron chi connectivity index (χ0n) is 11.7. The number of rotatable bonds is 1. The fourth-order valence-corrected chi connectivity index (χ4v) is 2.72. The molecule has 0 radical (unpaired) electrons. The molecule has 3 nitrogen and oxygen atoms in total. The molecule has 96 valence electrons. The summed E-state index contributed by atoms with van der Waals surface area (Å²) in [5, 5.41) is 4.67. The Hall–Kier alpha value is -2.16. The Morgan fingerprint density at radius 2 is 1.63 bits per heavy atom. The van der Waals surface area contributed by atoms with Crippen molar-refractivity contribution in [3.8, 4) is 11.3 Å². The van der Waals surface area contributed by atoms with Crippen LogP contribution in [-0.2, 0) is 0 Å². The number of hydrogen-bond acceptors (Lipinski definition) is 2. The van der Waals surface area contributed by atoms with Crippen molar-refractivity contribution in [2.24, 2.45) is 0 Å². The lowest BCUT2D eigenvalue weighted by atomic mass is 9.97. The molecule has 0 N–H and O–H groups in total. The molecule has 0 saturated carbocycles. The predicted octanol–water partition coefficient (Wildman–Crippen LogP) is 3.63. The highest BCUT2D eigenvalue weighted by atomic mass is 15.2. The van der Waals surface area contributed by atoms with Gasteiger partial charge in [0.1, 0.15) is 0 Å². The van der Waals surface area contributed by atoms with E-state index in [1.54, 1.807) is 0 Å². The van der Waals surface area contributed by atoms with E-state index in [1.807, 2.05) is 29.8 Å². The average Bonchev–Trinajstić information content (AvgIpc) is 2.67. The normalized spacial score (nSPS) is 11.2. The van der Waals surface area contributed by atoms with Gasteiger partial charge in [-0.25, -0.2) is 9.50 Å². The van der Waals surface area contributed by atoms with Crippen LogP contribution < -0.4 is 0 Å². The summed E-state index contributed by atoms with van der Waals surface area (Å²) in [5.74, 6) is 0. The van der Waals surface area contributed by atoms with Crippen LogP contribution in [0.5, 0.6) is 0 Å². The summed E-state index contributed by atoms with van der Waals surface area (Å²) in [6.45, 7) is 8.39. The minimum absolute atomic E-state index is 0.892. The monoisotopic (exact) mass is 251 g/mol. The minimum atomic E-state index is 0.892. The van der Waals surface area contributed by atoms with Gasteiger partial charge in [-0.15, -0.1) is 0 Å². The molecule has 0 amide bonds. The van der Waals surface area contributed by atoms with Crippen LogP contribution in [0.3, 0.4) is 0 Å². The van der Waals surface area contributed by atoms with Gasteiger partial charge in [0.15, 0.2) is 5.65 Å². The molecule has 0 spiro atoms. The summed E-state index contributed by atoms with van der Waals surface area (Å²) in [4.78, 5) is 4.41. The number of nitrogens with zero attached hydrogens (tertiary/aromatic N) is 3. The molecule has 0 fully saturated rings. The summed E-state index contributed by atoms with van der Waals surface area (Å²) in [5.41, 5.74) is 7.92. The molecule has 19 heavy (non-hydrogen) atoms. The second-order valence-electron chi connectivity index (χ2n) is 5.18. The largest absolute Gasteiger partial charge is 0.232 e. The van der Waals surface area contributed by atoms with Gasteiger partial charge in [-0.05, 0) is 51.0 Å². The number of hydrogen-bond donors (Lipinski definition) is 0. The maximum absolute atomic E-state index is 4.67. The smallest absolute Gasteiger partial charge is 0.153 e. The fourth-order valence-electron chi connectivity index (χ4n) is 2.72. The Morgan fingerprint density at radius 1 is 0.947 bits per heavy atom. The van der Waals surface area contributed by atoms with E-state index in [2.05, 4.69) is 43.0 Å². The van der Waals surface area contributed by atoms with E-state index < -0.39 is 0 Å². The molecule has 2 aromatic heterocycles. The van der Waals surface area contributed by atoms with Crippen LogP contribution in [0.4, 0.5) is 0 Å². The molecule has 3 rings (SSSR count). The molecular formula is C16H17N3. The van der Waals surface area contributed by atoms with Gasteiger partial charge in [0, 0.05) is 5.56 Å². The zero-order valence-corrected chi connectivity index (χ0v) is 11.7. The summed E-state index contributed by atoms with van der Waals surface area (Å²) >= 11 is 0. The molecule has 3 aromatic rings. The molecule has 3 heteroatoms. The summed E-state index contributed by atoms with van der Waals surface area (Å²) in [6, 6.07) is 8.47. The highest BCUT2D eigenvalue weighted by molar-refractivity contribution is 5.68. The maximum Gasteiger partial charge on any atom is 0.153 e. The number of fused-ring (bicyclic) bond motifs is 1. The van der Waals surface area contributed by atoms with Gasteiger partial charge in [-0.2, -0.15) is 5.10 Å². The average molecular weight is 251 g/mol.